The van der Waals surface area contributed by atoms with Gasteiger partial charge in [-0.15, -0.1) is 0 Å². The van der Waals surface area contributed by atoms with Crippen molar-refractivity contribution in [2.75, 3.05) is 18.8 Å². The van der Waals surface area contributed by atoms with E-state index in [0.717, 1.165) is 17.0 Å². The molecule has 30 heavy (non-hydrogen) atoms. The second-order valence-electron chi connectivity index (χ2n) is 7.26. The molecule has 1 saturated heterocycles. The van der Waals surface area contributed by atoms with Crippen LogP contribution in [-0.2, 0) is 12.2 Å². The number of aliphatic hydroxyl groups is 2. The molecule has 158 valence electrons. The summed E-state index contributed by atoms with van der Waals surface area (Å²) in [6.07, 6.45) is 0.693. The van der Waals surface area contributed by atoms with E-state index in [2.05, 4.69) is 10.1 Å². The van der Waals surface area contributed by atoms with Crippen LogP contribution in [0, 0.1) is 11.6 Å². The highest BCUT2D eigenvalue weighted by Crippen LogP contribution is 2.39. The fraction of sp³-hybridized carbons (Fsp3) is 0.316. The zero-order valence-electron chi connectivity index (χ0n) is 15.7. The molecule has 1 fully saturated rings. The van der Waals surface area contributed by atoms with Gasteiger partial charge in [-0.3, -0.25) is 0 Å². The number of amides is 1. The van der Waals surface area contributed by atoms with E-state index in [1.807, 2.05) is 0 Å². The Kier molecular flexibility index (Phi) is 4.79. The van der Waals surface area contributed by atoms with Gasteiger partial charge in [0.2, 0.25) is 0 Å². The first-order valence-corrected chi connectivity index (χ1v) is 9.17. The zero-order chi connectivity index (χ0) is 21.6. The number of nitrogens with zero attached hydrogens (tertiary/aromatic N) is 4. The molecule has 3 aromatic rings. The smallest absolute Gasteiger partial charge is 0.407 e. The molecule has 5 N–H and O–H groups in total. The SMILES string of the molecule is Nc1ncnn2c(C3(O)CCCN(C(=O)O)C3)cc(-c3cc(F)c(CO)c(F)c3)c12. The minimum atomic E-state index is -1.58. The molecule has 0 saturated carbocycles. The third-order valence-electron chi connectivity index (χ3n) is 5.41. The van der Waals surface area contributed by atoms with Gasteiger partial charge in [0.05, 0.1) is 18.8 Å². The molecule has 3 heterocycles. The van der Waals surface area contributed by atoms with E-state index in [4.69, 9.17) is 10.8 Å². The van der Waals surface area contributed by atoms with E-state index in [1.165, 1.54) is 16.9 Å². The molecule has 4 rings (SSSR count). The third kappa shape index (κ3) is 3.12. The Bertz CT molecular complexity index is 1130. The Hall–Kier alpha value is -3.31. The molecule has 1 aliphatic heterocycles. The summed E-state index contributed by atoms with van der Waals surface area (Å²) < 4.78 is 29.9. The number of carboxylic acid groups (broad SMARTS) is 1. The average Bonchev–Trinajstić information content (AvgIpc) is 3.10. The van der Waals surface area contributed by atoms with Gasteiger partial charge >= 0.3 is 6.09 Å². The molecule has 2 aromatic heterocycles. The van der Waals surface area contributed by atoms with Crippen molar-refractivity contribution in [3.63, 3.8) is 0 Å². The van der Waals surface area contributed by atoms with E-state index in [-0.39, 0.29) is 47.7 Å². The molecule has 0 bridgehead atoms. The molecular weight excluding hydrogens is 400 g/mol. The zero-order valence-corrected chi connectivity index (χ0v) is 15.7. The first-order valence-electron chi connectivity index (χ1n) is 9.17. The molecule has 0 radical (unpaired) electrons. The lowest BCUT2D eigenvalue weighted by molar-refractivity contribution is -0.0339. The molecular formula is C19H19F2N5O4. The summed E-state index contributed by atoms with van der Waals surface area (Å²) >= 11 is 0. The van der Waals surface area contributed by atoms with Crippen LogP contribution in [0.15, 0.2) is 24.5 Å². The van der Waals surface area contributed by atoms with Gasteiger partial charge in [0.1, 0.15) is 29.1 Å². The topological polar surface area (TPSA) is 137 Å². The van der Waals surface area contributed by atoms with Gasteiger partial charge in [-0.25, -0.2) is 23.1 Å². The van der Waals surface area contributed by atoms with E-state index in [0.29, 0.717) is 6.42 Å². The molecule has 1 aliphatic rings. The van der Waals surface area contributed by atoms with Crippen molar-refractivity contribution in [2.24, 2.45) is 0 Å². The van der Waals surface area contributed by atoms with Gasteiger partial charge in [-0.2, -0.15) is 5.10 Å². The predicted octanol–water partition coefficient (Wildman–Crippen LogP) is 1.71. The summed E-state index contributed by atoms with van der Waals surface area (Å²) in [6.45, 7) is -0.705. The van der Waals surface area contributed by atoms with Gasteiger partial charge in [-0.1, -0.05) is 0 Å². The number of nitrogen functional groups attached to an aromatic ring is 1. The monoisotopic (exact) mass is 419 g/mol. The third-order valence-corrected chi connectivity index (χ3v) is 5.41. The van der Waals surface area contributed by atoms with Crippen molar-refractivity contribution in [3.05, 3.63) is 47.4 Å². The summed E-state index contributed by atoms with van der Waals surface area (Å²) in [5.41, 5.74) is 4.80. The van der Waals surface area contributed by atoms with Gasteiger partial charge < -0.3 is 26.0 Å². The number of halogens is 2. The van der Waals surface area contributed by atoms with E-state index in [1.54, 1.807) is 0 Å². The molecule has 1 atom stereocenters. The van der Waals surface area contributed by atoms with Crippen LogP contribution in [0.4, 0.5) is 19.4 Å². The number of likely N-dealkylation sites (tertiary alicyclic amines) is 1. The average molecular weight is 419 g/mol. The summed E-state index contributed by atoms with van der Waals surface area (Å²) in [5.74, 6) is -1.85. The highest BCUT2D eigenvalue weighted by atomic mass is 19.1. The lowest BCUT2D eigenvalue weighted by atomic mass is 9.89. The van der Waals surface area contributed by atoms with Crippen molar-refractivity contribution >= 4 is 17.4 Å². The lowest BCUT2D eigenvalue weighted by Crippen LogP contribution is -2.48. The van der Waals surface area contributed by atoms with Crippen molar-refractivity contribution in [1.82, 2.24) is 19.5 Å². The largest absolute Gasteiger partial charge is 0.465 e. The highest BCUT2D eigenvalue weighted by molar-refractivity contribution is 5.88. The van der Waals surface area contributed by atoms with Gasteiger partial charge in [0.15, 0.2) is 5.82 Å². The number of hydrogen-bond acceptors (Lipinski definition) is 6. The van der Waals surface area contributed by atoms with E-state index >= 15 is 0 Å². The molecule has 1 amide bonds. The first-order chi connectivity index (χ1) is 14.2. The van der Waals surface area contributed by atoms with Crippen LogP contribution < -0.4 is 5.73 Å². The van der Waals surface area contributed by atoms with Crippen molar-refractivity contribution in [1.29, 1.82) is 0 Å². The van der Waals surface area contributed by atoms with Crippen LogP contribution in [0.1, 0.15) is 24.1 Å². The maximum absolute atomic E-state index is 14.3. The number of rotatable bonds is 3. The Balaban J connectivity index is 1.93. The van der Waals surface area contributed by atoms with Crippen molar-refractivity contribution in [2.45, 2.75) is 25.0 Å². The summed E-state index contributed by atoms with van der Waals surface area (Å²) in [7, 11) is 0. The van der Waals surface area contributed by atoms with Crippen LogP contribution in [-0.4, -0.2) is 54.0 Å². The molecule has 9 nitrogen and oxygen atoms in total. The van der Waals surface area contributed by atoms with Gasteiger partial charge in [0.25, 0.3) is 0 Å². The van der Waals surface area contributed by atoms with Crippen molar-refractivity contribution in [3.8, 4) is 11.1 Å². The number of fused-ring (bicyclic) bond motifs is 1. The van der Waals surface area contributed by atoms with Crippen LogP contribution in [0.5, 0.6) is 0 Å². The van der Waals surface area contributed by atoms with Crippen LogP contribution in [0.3, 0.4) is 0 Å². The summed E-state index contributed by atoms with van der Waals surface area (Å²) in [4.78, 5) is 16.4. The minimum Gasteiger partial charge on any atom is -0.465 e. The molecule has 11 heteroatoms. The van der Waals surface area contributed by atoms with Crippen LogP contribution in [0.25, 0.3) is 16.6 Å². The maximum atomic E-state index is 14.3. The second kappa shape index (κ2) is 7.18. The Morgan fingerprint density at radius 2 is 1.97 bits per heavy atom. The van der Waals surface area contributed by atoms with Gasteiger partial charge in [0, 0.05) is 17.7 Å². The number of nitrogens with two attached hydrogens (primary N) is 1. The Labute approximate surface area is 169 Å². The van der Waals surface area contributed by atoms with Crippen LogP contribution in [0.2, 0.25) is 0 Å². The van der Waals surface area contributed by atoms with Gasteiger partial charge in [-0.05, 0) is 36.6 Å². The Morgan fingerprint density at radius 1 is 1.27 bits per heavy atom. The Morgan fingerprint density at radius 3 is 2.60 bits per heavy atom. The number of β-amino-alcohol motifs (C(OH)–C–C–N with tert-alkyl or cyclic N) is 1. The fourth-order valence-corrected chi connectivity index (χ4v) is 3.94. The fourth-order valence-electron chi connectivity index (χ4n) is 3.94. The number of piperidine rings is 1. The van der Waals surface area contributed by atoms with Crippen molar-refractivity contribution < 1.29 is 28.9 Å². The summed E-state index contributed by atoms with van der Waals surface area (Å²) in [5, 5.41) is 33.9. The van der Waals surface area contributed by atoms with E-state index < -0.39 is 35.5 Å². The normalized spacial score (nSPS) is 19.4. The minimum absolute atomic E-state index is 0.0211. The maximum Gasteiger partial charge on any atom is 0.407 e. The quantitative estimate of drug-likeness (QED) is 0.507. The number of carbonyl (C=O) groups is 1. The number of hydrogen-bond donors (Lipinski definition) is 4. The molecule has 1 unspecified atom stereocenters. The molecule has 0 spiro atoms. The number of benzene rings is 1. The first kappa shape index (κ1) is 20.0. The van der Waals surface area contributed by atoms with Crippen LogP contribution >= 0.6 is 0 Å². The summed E-state index contributed by atoms with van der Waals surface area (Å²) in [6, 6.07) is 3.59. The second-order valence-corrected chi connectivity index (χ2v) is 7.26. The highest BCUT2D eigenvalue weighted by Gasteiger charge is 2.40. The molecule has 0 aliphatic carbocycles. The number of anilines is 1. The standard InChI is InChI=1S/C19H19F2N5O4/c20-13-4-10(5-14(21)12(13)7-27)11-6-15(26-16(11)17(22)23-9-24-26)19(30)2-1-3-25(8-19)18(28)29/h4-6,9,27,30H,1-3,7-8H2,(H,28,29)(H2,22,23,24). The number of aromatic nitrogens is 3. The lowest BCUT2D eigenvalue weighted by Gasteiger charge is -2.37. The molecule has 1 aromatic carbocycles. The van der Waals surface area contributed by atoms with E-state index in [9.17, 15) is 23.8 Å². The predicted molar refractivity (Wildman–Crippen MR) is 101 cm³/mol. The number of aliphatic hydroxyl groups excluding tert-OH is 1.